The highest BCUT2D eigenvalue weighted by Crippen LogP contribution is 2.01. The summed E-state index contributed by atoms with van der Waals surface area (Å²) in [7, 11) is 1.61. The summed E-state index contributed by atoms with van der Waals surface area (Å²) in [6.45, 7) is 5.45. The summed E-state index contributed by atoms with van der Waals surface area (Å²) >= 11 is 0. The van der Waals surface area contributed by atoms with E-state index in [1.54, 1.807) is 18.1 Å². The van der Waals surface area contributed by atoms with Crippen molar-refractivity contribution in [2.45, 2.75) is 19.3 Å². The van der Waals surface area contributed by atoms with Crippen LogP contribution in [0.25, 0.3) is 0 Å². The van der Waals surface area contributed by atoms with Gasteiger partial charge in [-0.05, 0) is 12.8 Å². The van der Waals surface area contributed by atoms with E-state index in [0.29, 0.717) is 32.5 Å². The minimum Gasteiger partial charge on any atom is -0.396 e. The highest BCUT2D eigenvalue weighted by atomic mass is 16.5. The maximum absolute atomic E-state index is 11.7. The molecule has 0 unspecified atom stereocenters. The molecule has 88 valence electrons. The molecule has 0 bridgehead atoms. The molecule has 4 heteroatoms. The Labute approximate surface area is 91.5 Å². The average Bonchev–Trinajstić information content (AvgIpc) is 2.24. The number of nitrogens with zero attached hydrogens (tertiary/aromatic N) is 1. The number of carbonyl (C=O) groups excluding carboxylic acids is 1. The summed E-state index contributed by atoms with van der Waals surface area (Å²) in [6.07, 6.45) is 3.60. The number of rotatable bonds is 9. The summed E-state index contributed by atoms with van der Waals surface area (Å²) in [5, 5.41) is 8.60. The smallest absolute Gasteiger partial charge is 0.222 e. The van der Waals surface area contributed by atoms with Crippen molar-refractivity contribution in [3.05, 3.63) is 12.7 Å². The van der Waals surface area contributed by atoms with Gasteiger partial charge >= 0.3 is 0 Å². The molecular formula is C11H21NO3. The van der Waals surface area contributed by atoms with Crippen molar-refractivity contribution < 1.29 is 14.6 Å². The Balaban J connectivity index is 3.86. The van der Waals surface area contributed by atoms with Crippen LogP contribution < -0.4 is 0 Å². The topological polar surface area (TPSA) is 49.8 Å². The fourth-order valence-corrected chi connectivity index (χ4v) is 1.22. The number of aliphatic hydroxyl groups excluding tert-OH is 1. The Morgan fingerprint density at radius 3 is 2.80 bits per heavy atom. The normalized spacial score (nSPS) is 10.0. The molecule has 0 radical (unpaired) electrons. The lowest BCUT2D eigenvalue weighted by Gasteiger charge is -2.20. The van der Waals surface area contributed by atoms with Crippen LogP contribution in [0.2, 0.25) is 0 Å². The fourth-order valence-electron chi connectivity index (χ4n) is 1.22. The van der Waals surface area contributed by atoms with Gasteiger partial charge in [-0.1, -0.05) is 6.08 Å². The van der Waals surface area contributed by atoms with Crippen LogP contribution in [0.3, 0.4) is 0 Å². The number of hydrogen-bond donors (Lipinski definition) is 1. The molecule has 0 aliphatic heterocycles. The van der Waals surface area contributed by atoms with Gasteiger partial charge in [0.05, 0.1) is 6.61 Å². The molecule has 1 amide bonds. The quantitative estimate of drug-likeness (QED) is 0.457. The van der Waals surface area contributed by atoms with E-state index in [-0.39, 0.29) is 12.5 Å². The van der Waals surface area contributed by atoms with Gasteiger partial charge < -0.3 is 14.7 Å². The van der Waals surface area contributed by atoms with Crippen LogP contribution in [0.1, 0.15) is 19.3 Å². The van der Waals surface area contributed by atoms with Crippen LogP contribution in [0, 0.1) is 0 Å². The van der Waals surface area contributed by atoms with Crippen molar-refractivity contribution in [1.29, 1.82) is 0 Å². The van der Waals surface area contributed by atoms with E-state index in [9.17, 15) is 4.79 Å². The molecule has 0 aromatic heterocycles. The minimum atomic E-state index is 0.0976. The number of ether oxygens (including phenoxy) is 1. The van der Waals surface area contributed by atoms with Gasteiger partial charge in [0.15, 0.2) is 0 Å². The zero-order valence-electron chi connectivity index (χ0n) is 9.45. The van der Waals surface area contributed by atoms with E-state index in [4.69, 9.17) is 9.84 Å². The second-order valence-electron chi connectivity index (χ2n) is 3.30. The second kappa shape index (κ2) is 9.68. The lowest BCUT2D eigenvalue weighted by molar-refractivity contribution is -0.131. The first-order valence-electron chi connectivity index (χ1n) is 5.24. The van der Waals surface area contributed by atoms with E-state index in [2.05, 4.69) is 6.58 Å². The highest BCUT2D eigenvalue weighted by molar-refractivity contribution is 5.76. The van der Waals surface area contributed by atoms with Crippen LogP contribution in [0.15, 0.2) is 12.7 Å². The van der Waals surface area contributed by atoms with E-state index < -0.39 is 0 Å². The molecule has 0 aliphatic carbocycles. The summed E-state index contributed by atoms with van der Waals surface area (Å²) in [5.74, 6) is 0.0976. The largest absolute Gasteiger partial charge is 0.396 e. The van der Waals surface area contributed by atoms with Crippen LogP contribution >= 0.6 is 0 Å². The zero-order valence-corrected chi connectivity index (χ0v) is 9.45. The number of aliphatic hydroxyl groups is 1. The third-order valence-electron chi connectivity index (χ3n) is 2.07. The Kier molecular flexibility index (Phi) is 9.11. The molecule has 1 N–H and O–H groups in total. The highest BCUT2D eigenvalue weighted by Gasteiger charge is 2.10. The lowest BCUT2D eigenvalue weighted by atomic mass is 10.2. The van der Waals surface area contributed by atoms with E-state index in [0.717, 1.165) is 6.42 Å². The van der Waals surface area contributed by atoms with Gasteiger partial charge in [0.2, 0.25) is 5.91 Å². The third kappa shape index (κ3) is 7.11. The van der Waals surface area contributed by atoms with Crippen molar-refractivity contribution in [3.8, 4) is 0 Å². The Morgan fingerprint density at radius 1 is 1.53 bits per heavy atom. The predicted molar refractivity (Wildman–Crippen MR) is 59.6 cm³/mol. The first kappa shape index (κ1) is 14.1. The van der Waals surface area contributed by atoms with Crippen molar-refractivity contribution in [2.24, 2.45) is 0 Å². The van der Waals surface area contributed by atoms with Crippen LogP contribution in [-0.4, -0.2) is 49.3 Å². The lowest BCUT2D eigenvalue weighted by Crippen LogP contribution is -2.33. The molecule has 0 atom stereocenters. The number of carbonyl (C=O) groups is 1. The van der Waals surface area contributed by atoms with E-state index in [1.807, 2.05) is 0 Å². The maximum atomic E-state index is 11.7. The van der Waals surface area contributed by atoms with Gasteiger partial charge in [-0.25, -0.2) is 0 Å². The van der Waals surface area contributed by atoms with Crippen molar-refractivity contribution in [1.82, 2.24) is 4.90 Å². The van der Waals surface area contributed by atoms with Crippen LogP contribution in [-0.2, 0) is 9.53 Å². The monoisotopic (exact) mass is 215 g/mol. The first-order valence-corrected chi connectivity index (χ1v) is 5.24. The van der Waals surface area contributed by atoms with Gasteiger partial charge in [-0.3, -0.25) is 4.79 Å². The zero-order chi connectivity index (χ0) is 11.5. The molecule has 4 nitrogen and oxygen atoms in total. The summed E-state index contributed by atoms with van der Waals surface area (Å²) in [6, 6.07) is 0. The summed E-state index contributed by atoms with van der Waals surface area (Å²) < 4.78 is 4.93. The van der Waals surface area contributed by atoms with Crippen molar-refractivity contribution in [2.75, 3.05) is 33.4 Å². The molecular weight excluding hydrogens is 194 g/mol. The molecule has 0 saturated heterocycles. The van der Waals surface area contributed by atoms with Gasteiger partial charge in [0.1, 0.15) is 0 Å². The molecule has 0 spiro atoms. The van der Waals surface area contributed by atoms with E-state index >= 15 is 0 Å². The third-order valence-corrected chi connectivity index (χ3v) is 2.07. The van der Waals surface area contributed by atoms with Gasteiger partial charge in [-0.2, -0.15) is 0 Å². The molecule has 0 saturated carbocycles. The van der Waals surface area contributed by atoms with Gasteiger partial charge in [-0.15, -0.1) is 6.58 Å². The predicted octanol–water partition coefficient (Wildman–Crippen LogP) is 0.810. The Bertz CT molecular complexity index is 183. The van der Waals surface area contributed by atoms with Crippen molar-refractivity contribution >= 4 is 5.91 Å². The first-order chi connectivity index (χ1) is 7.26. The number of amides is 1. The second-order valence-corrected chi connectivity index (χ2v) is 3.30. The van der Waals surface area contributed by atoms with Gasteiger partial charge in [0, 0.05) is 33.2 Å². The number of unbranched alkanes of at least 4 members (excludes halogenated alkanes) is 1. The summed E-state index contributed by atoms with van der Waals surface area (Å²) in [4.78, 5) is 13.4. The molecule has 0 aromatic rings. The molecule has 15 heavy (non-hydrogen) atoms. The Hall–Kier alpha value is -0.870. The standard InChI is InChI=1S/C11H21NO3/c1-3-7-12(8-10-15-2)11(14)6-4-5-9-13/h3,13H,1,4-10H2,2H3. The molecule has 0 rings (SSSR count). The fraction of sp³-hybridized carbons (Fsp3) is 0.727. The molecule has 0 fully saturated rings. The van der Waals surface area contributed by atoms with Crippen LogP contribution in [0.5, 0.6) is 0 Å². The average molecular weight is 215 g/mol. The molecule has 0 heterocycles. The maximum Gasteiger partial charge on any atom is 0.222 e. The summed E-state index contributed by atoms with van der Waals surface area (Å²) in [5.41, 5.74) is 0. The van der Waals surface area contributed by atoms with Crippen LogP contribution in [0.4, 0.5) is 0 Å². The number of methoxy groups -OCH3 is 1. The number of hydrogen-bond acceptors (Lipinski definition) is 3. The van der Waals surface area contributed by atoms with Crippen molar-refractivity contribution in [3.63, 3.8) is 0 Å². The van der Waals surface area contributed by atoms with E-state index in [1.165, 1.54) is 0 Å². The Morgan fingerprint density at radius 2 is 2.27 bits per heavy atom. The van der Waals surface area contributed by atoms with Gasteiger partial charge in [0.25, 0.3) is 0 Å². The SMILES string of the molecule is C=CCN(CCOC)C(=O)CCCCO. The molecule has 0 aromatic carbocycles. The minimum absolute atomic E-state index is 0.0976. The molecule has 0 aliphatic rings.